The number of ether oxygens (including phenoxy) is 1. The van der Waals surface area contributed by atoms with Crippen LogP contribution in [0.2, 0.25) is 0 Å². The highest BCUT2D eigenvalue weighted by Gasteiger charge is 2.34. The fourth-order valence-electron chi connectivity index (χ4n) is 4.24. The second-order valence-electron chi connectivity index (χ2n) is 8.92. The molecule has 0 spiro atoms. The van der Waals surface area contributed by atoms with Crippen molar-refractivity contribution in [3.05, 3.63) is 95.1 Å². The number of carbonyl (C=O) groups is 2. The Morgan fingerprint density at radius 3 is 2.48 bits per heavy atom. The summed E-state index contributed by atoms with van der Waals surface area (Å²) in [5.74, 6) is 1.13. The van der Waals surface area contributed by atoms with Crippen LogP contribution in [0, 0.1) is 12.8 Å². The van der Waals surface area contributed by atoms with Crippen molar-refractivity contribution in [2.24, 2.45) is 5.92 Å². The molecule has 5 rings (SSSR count). The van der Waals surface area contributed by atoms with E-state index in [1.54, 1.807) is 0 Å². The van der Waals surface area contributed by atoms with Crippen LogP contribution >= 0.6 is 0 Å². The average molecular weight is 441 g/mol. The lowest BCUT2D eigenvalue weighted by Crippen LogP contribution is -2.32. The Kier molecular flexibility index (Phi) is 5.86. The van der Waals surface area contributed by atoms with Crippen LogP contribution in [-0.2, 0) is 17.9 Å². The van der Waals surface area contributed by atoms with Gasteiger partial charge in [0, 0.05) is 29.3 Å². The van der Waals surface area contributed by atoms with Crippen LogP contribution in [0.5, 0.6) is 5.75 Å². The molecular formula is C28H28N2O3. The molecule has 0 atom stereocenters. The first-order valence-corrected chi connectivity index (χ1v) is 11.6. The van der Waals surface area contributed by atoms with Gasteiger partial charge in [0.1, 0.15) is 12.4 Å². The first-order valence-electron chi connectivity index (χ1n) is 11.6. The number of fused-ring (bicyclic) bond motifs is 1. The number of aryl methyl sites for hydroxylation is 1. The van der Waals surface area contributed by atoms with Crippen LogP contribution in [0.25, 0.3) is 0 Å². The molecule has 0 bridgehead atoms. The Balaban J connectivity index is 1.38. The number of anilines is 1. The highest BCUT2D eigenvalue weighted by atomic mass is 16.5. The van der Waals surface area contributed by atoms with Crippen LogP contribution in [0.1, 0.15) is 39.9 Å². The van der Waals surface area contributed by atoms with Gasteiger partial charge in [-0.25, -0.2) is 0 Å². The van der Waals surface area contributed by atoms with Crippen molar-refractivity contribution in [2.75, 3.05) is 18.1 Å². The predicted octanol–water partition coefficient (Wildman–Crippen LogP) is 4.97. The van der Waals surface area contributed by atoms with E-state index in [-0.39, 0.29) is 17.7 Å². The van der Waals surface area contributed by atoms with Gasteiger partial charge in [-0.3, -0.25) is 9.59 Å². The number of rotatable bonds is 5. The second kappa shape index (κ2) is 9.10. The van der Waals surface area contributed by atoms with Gasteiger partial charge in [0.15, 0.2) is 0 Å². The van der Waals surface area contributed by atoms with Gasteiger partial charge in [-0.1, -0.05) is 42.0 Å². The molecule has 1 fully saturated rings. The summed E-state index contributed by atoms with van der Waals surface area (Å²) in [7, 11) is 0. The maximum absolute atomic E-state index is 13.1. The standard InChI is InChI=1S/C28H28N2O3/c1-20-7-10-22(11-8-20)27(31)29-15-16-33-26-14-9-21(17-24(26)19-29)18-30(28(32)23-12-13-23)25-5-3-2-4-6-25/h2-11,14,17,23H,12-13,15-16,18-19H2,1H3. The van der Waals surface area contributed by atoms with E-state index in [0.29, 0.717) is 31.8 Å². The van der Waals surface area contributed by atoms with Crippen molar-refractivity contribution < 1.29 is 14.3 Å². The molecule has 5 nitrogen and oxygen atoms in total. The van der Waals surface area contributed by atoms with Crippen molar-refractivity contribution in [3.63, 3.8) is 0 Å². The summed E-state index contributed by atoms with van der Waals surface area (Å²) in [4.78, 5) is 29.9. The summed E-state index contributed by atoms with van der Waals surface area (Å²) < 4.78 is 5.95. The van der Waals surface area contributed by atoms with E-state index in [4.69, 9.17) is 4.74 Å². The lowest BCUT2D eigenvalue weighted by atomic mass is 10.1. The molecule has 1 aliphatic carbocycles. The molecule has 33 heavy (non-hydrogen) atoms. The molecule has 2 amide bonds. The van der Waals surface area contributed by atoms with Gasteiger partial charge in [0.2, 0.25) is 5.91 Å². The highest BCUT2D eigenvalue weighted by molar-refractivity contribution is 5.96. The molecule has 5 heteroatoms. The first-order chi connectivity index (χ1) is 16.1. The lowest BCUT2D eigenvalue weighted by molar-refractivity contribution is -0.119. The van der Waals surface area contributed by atoms with E-state index in [0.717, 1.165) is 41.0 Å². The molecule has 3 aromatic rings. The Morgan fingerprint density at radius 2 is 1.76 bits per heavy atom. The number of benzene rings is 3. The molecule has 168 valence electrons. The molecule has 0 N–H and O–H groups in total. The predicted molar refractivity (Wildman–Crippen MR) is 128 cm³/mol. The third-order valence-corrected chi connectivity index (χ3v) is 6.29. The van der Waals surface area contributed by atoms with Crippen LogP contribution in [-0.4, -0.2) is 29.9 Å². The number of hydrogen-bond donors (Lipinski definition) is 0. The maximum Gasteiger partial charge on any atom is 0.254 e. The fourth-order valence-corrected chi connectivity index (χ4v) is 4.24. The van der Waals surface area contributed by atoms with E-state index in [1.165, 1.54) is 0 Å². The van der Waals surface area contributed by atoms with Crippen molar-refractivity contribution in [1.82, 2.24) is 4.90 Å². The quantitative estimate of drug-likeness (QED) is 0.563. The molecule has 1 aliphatic heterocycles. The van der Waals surface area contributed by atoms with E-state index in [2.05, 4.69) is 6.07 Å². The van der Waals surface area contributed by atoms with Gasteiger partial charge in [-0.2, -0.15) is 0 Å². The Morgan fingerprint density at radius 1 is 1.00 bits per heavy atom. The Hall–Kier alpha value is -3.60. The van der Waals surface area contributed by atoms with Gasteiger partial charge in [0.05, 0.1) is 13.1 Å². The zero-order valence-corrected chi connectivity index (χ0v) is 18.9. The van der Waals surface area contributed by atoms with Crippen LogP contribution in [0.3, 0.4) is 0 Å². The molecular weight excluding hydrogens is 412 g/mol. The van der Waals surface area contributed by atoms with E-state index < -0.39 is 0 Å². The topological polar surface area (TPSA) is 49.9 Å². The SMILES string of the molecule is Cc1ccc(C(=O)N2CCOc3ccc(CN(C(=O)C4CC4)c4ccccc4)cc3C2)cc1. The fraction of sp³-hybridized carbons (Fsp3) is 0.286. The van der Waals surface area contributed by atoms with E-state index in [1.807, 2.05) is 83.5 Å². The van der Waals surface area contributed by atoms with E-state index >= 15 is 0 Å². The van der Waals surface area contributed by atoms with Crippen molar-refractivity contribution in [2.45, 2.75) is 32.9 Å². The molecule has 0 unspecified atom stereocenters. The highest BCUT2D eigenvalue weighted by Crippen LogP contribution is 2.34. The first kappa shape index (κ1) is 21.3. The number of nitrogens with zero attached hydrogens (tertiary/aromatic N) is 2. The van der Waals surface area contributed by atoms with Crippen molar-refractivity contribution in [3.8, 4) is 5.75 Å². The molecule has 0 saturated heterocycles. The number of amides is 2. The number of carbonyl (C=O) groups excluding carboxylic acids is 2. The van der Waals surface area contributed by atoms with E-state index in [9.17, 15) is 9.59 Å². The monoisotopic (exact) mass is 440 g/mol. The summed E-state index contributed by atoms with van der Waals surface area (Å²) in [5, 5.41) is 0. The normalized spacial score (nSPS) is 15.2. The summed E-state index contributed by atoms with van der Waals surface area (Å²) >= 11 is 0. The summed E-state index contributed by atoms with van der Waals surface area (Å²) in [6, 6.07) is 23.6. The third-order valence-electron chi connectivity index (χ3n) is 6.29. The minimum Gasteiger partial charge on any atom is -0.491 e. The third kappa shape index (κ3) is 4.77. The van der Waals surface area contributed by atoms with Crippen LogP contribution in [0.15, 0.2) is 72.8 Å². The summed E-state index contributed by atoms with van der Waals surface area (Å²) in [6.45, 7) is 3.99. The number of hydrogen-bond acceptors (Lipinski definition) is 3. The van der Waals surface area contributed by atoms with Crippen LogP contribution < -0.4 is 9.64 Å². The minimum atomic E-state index is 0.00618. The summed E-state index contributed by atoms with van der Waals surface area (Å²) in [6.07, 6.45) is 1.94. The lowest BCUT2D eigenvalue weighted by Gasteiger charge is -2.24. The number of para-hydroxylation sites is 1. The largest absolute Gasteiger partial charge is 0.491 e. The zero-order valence-electron chi connectivity index (χ0n) is 18.9. The van der Waals surface area contributed by atoms with Gasteiger partial charge >= 0.3 is 0 Å². The Labute approximate surface area is 194 Å². The smallest absolute Gasteiger partial charge is 0.254 e. The molecule has 0 radical (unpaired) electrons. The minimum absolute atomic E-state index is 0.00618. The second-order valence-corrected chi connectivity index (χ2v) is 8.92. The summed E-state index contributed by atoms with van der Waals surface area (Å²) in [5.41, 5.74) is 4.73. The molecule has 0 aromatic heterocycles. The van der Waals surface area contributed by atoms with Gasteiger partial charge in [0.25, 0.3) is 5.91 Å². The zero-order chi connectivity index (χ0) is 22.8. The van der Waals surface area contributed by atoms with Gasteiger partial charge in [-0.05, 0) is 61.7 Å². The van der Waals surface area contributed by atoms with Crippen LogP contribution in [0.4, 0.5) is 5.69 Å². The van der Waals surface area contributed by atoms with Gasteiger partial charge < -0.3 is 14.5 Å². The molecule has 1 heterocycles. The Bertz CT molecular complexity index is 1150. The van der Waals surface area contributed by atoms with Crippen molar-refractivity contribution >= 4 is 17.5 Å². The molecule has 3 aromatic carbocycles. The van der Waals surface area contributed by atoms with Crippen molar-refractivity contribution in [1.29, 1.82) is 0 Å². The molecule has 1 saturated carbocycles. The molecule has 2 aliphatic rings. The maximum atomic E-state index is 13.1. The van der Waals surface area contributed by atoms with Gasteiger partial charge in [-0.15, -0.1) is 0 Å². The average Bonchev–Trinajstić information content (AvgIpc) is 3.70.